The van der Waals surface area contributed by atoms with Crippen LogP contribution in [0.2, 0.25) is 0 Å². The molecular weight excluding hydrogens is 271 g/mol. The summed E-state index contributed by atoms with van der Waals surface area (Å²) >= 11 is 0. The number of ether oxygens (including phenoxy) is 1. The number of rotatable bonds is 8. The van der Waals surface area contributed by atoms with Gasteiger partial charge in [-0.2, -0.15) is 0 Å². The van der Waals surface area contributed by atoms with E-state index in [1.54, 1.807) is 20.2 Å². The quantitative estimate of drug-likeness (QED) is 0.556. The predicted octanol–water partition coefficient (Wildman–Crippen LogP) is 1.07. The fraction of sp³-hybridized carbons (Fsp3) is 0.533. The Hall–Kier alpha value is -1.66. The molecule has 0 saturated carbocycles. The number of aliphatic imine (C=N–C) groups is 1. The fourth-order valence-electron chi connectivity index (χ4n) is 1.78. The summed E-state index contributed by atoms with van der Waals surface area (Å²) in [6, 6.07) is 6.53. The van der Waals surface area contributed by atoms with E-state index >= 15 is 0 Å². The Kier molecular flexibility index (Phi) is 8.38. The van der Waals surface area contributed by atoms with Gasteiger partial charge in [-0.1, -0.05) is 12.1 Å². The largest absolute Gasteiger partial charge is 0.383 e. The minimum atomic E-state index is -0.225. The average Bonchev–Trinajstić information content (AvgIpc) is 2.48. The molecular formula is C15H25FN4O. The van der Waals surface area contributed by atoms with Crippen molar-refractivity contribution in [3.63, 3.8) is 0 Å². The van der Waals surface area contributed by atoms with Gasteiger partial charge in [0.2, 0.25) is 0 Å². The van der Waals surface area contributed by atoms with E-state index in [2.05, 4.69) is 20.5 Å². The molecule has 1 rings (SSSR count). The van der Waals surface area contributed by atoms with Gasteiger partial charge in [-0.25, -0.2) is 4.39 Å². The molecule has 118 valence electrons. The molecule has 0 unspecified atom stereocenters. The highest BCUT2D eigenvalue weighted by Crippen LogP contribution is 2.02. The van der Waals surface area contributed by atoms with Gasteiger partial charge in [0.15, 0.2) is 5.96 Å². The molecule has 0 bridgehead atoms. The minimum Gasteiger partial charge on any atom is -0.383 e. The van der Waals surface area contributed by atoms with Gasteiger partial charge < -0.3 is 20.3 Å². The third kappa shape index (κ3) is 7.63. The van der Waals surface area contributed by atoms with Crippen molar-refractivity contribution < 1.29 is 9.13 Å². The van der Waals surface area contributed by atoms with Crippen LogP contribution in [-0.2, 0) is 11.3 Å². The van der Waals surface area contributed by atoms with Gasteiger partial charge in [0.1, 0.15) is 5.82 Å². The Bertz CT molecular complexity index is 439. The van der Waals surface area contributed by atoms with Crippen molar-refractivity contribution in [2.75, 3.05) is 47.4 Å². The molecule has 0 aromatic heterocycles. The van der Waals surface area contributed by atoms with E-state index in [1.807, 2.05) is 13.1 Å². The van der Waals surface area contributed by atoms with Crippen LogP contribution in [0.5, 0.6) is 0 Å². The number of benzene rings is 1. The number of hydrogen-bond donors (Lipinski definition) is 2. The normalized spacial score (nSPS) is 11.8. The number of likely N-dealkylation sites (N-methyl/N-ethyl adjacent to an activating group) is 1. The average molecular weight is 296 g/mol. The molecule has 0 aliphatic heterocycles. The van der Waals surface area contributed by atoms with Gasteiger partial charge in [0, 0.05) is 40.3 Å². The molecule has 0 spiro atoms. The third-order valence-electron chi connectivity index (χ3n) is 3.04. The van der Waals surface area contributed by atoms with Crippen molar-refractivity contribution in [1.29, 1.82) is 0 Å². The molecule has 1 aromatic rings. The Morgan fingerprint density at radius 2 is 2.14 bits per heavy atom. The van der Waals surface area contributed by atoms with Crippen molar-refractivity contribution in [3.8, 4) is 0 Å². The summed E-state index contributed by atoms with van der Waals surface area (Å²) in [4.78, 5) is 6.32. The Labute approximate surface area is 126 Å². The summed E-state index contributed by atoms with van der Waals surface area (Å²) in [7, 11) is 5.46. The molecule has 0 atom stereocenters. The zero-order valence-corrected chi connectivity index (χ0v) is 13.0. The van der Waals surface area contributed by atoms with Crippen molar-refractivity contribution >= 4 is 5.96 Å². The molecule has 0 heterocycles. The van der Waals surface area contributed by atoms with Gasteiger partial charge in [0.25, 0.3) is 0 Å². The number of nitrogens with zero attached hydrogens (tertiary/aromatic N) is 2. The first kappa shape index (κ1) is 17.4. The van der Waals surface area contributed by atoms with Gasteiger partial charge in [-0.15, -0.1) is 0 Å². The summed E-state index contributed by atoms with van der Waals surface area (Å²) in [6.45, 7) is 3.83. The van der Waals surface area contributed by atoms with Crippen molar-refractivity contribution in [2.24, 2.45) is 4.99 Å². The number of halogens is 1. The first-order valence-electron chi connectivity index (χ1n) is 7.02. The second kappa shape index (κ2) is 10.1. The Balaban J connectivity index is 2.26. The monoisotopic (exact) mass is 296 g/mol. The number of guanidine groups is 1. The van der Waals surface area contributed by atoms with Crippen LogP contribution in [0.3, 0.4) is 0 Å². The van der Waals surface area contributed by atoms with Crippen molar-refractivity contribution in [1.82, 2.24) is 15.5 Å². The highest BCUT2D eigenvalue weighted by Gasteiger charge is 2.01. The lowest BCUT2D eigenvalue weighted by molar-refractivity contribution is 0.162. The third-order valence-corrected chi connectivity index (χ3v) is 3.04. The van der Waals surface area contributed by atoms with Crippen LogP contribution >= 0.6 is 0 Å². The maximum absolute atomic E-state index is 13.1. The van der Waals surface area contributed by atoms with Crippen LogP contribution in [0.25, 0.3) is 0 Å². The van der Waals surface area contributed by atoms with Crippen molar-refractivity contribution in [3.05, 3.63) is 35.6 Å². The first-order chi connectivity index (χ1) is 10.2. The molecule has 0 amide bonds. The molecule has 2 N–H and O–H groups in total. The zero-order valence-electron chi connectivity index (χ0n) is 13.0. The maximum Gasteiger partial charge on any atom is 0.191 e. The molecule has 0 radical (unpaired) electrons. The van der Waals surface area contributed by atoms with Crippen LogP contribution in [0, 0.1) is 5.82 Å². The molecule has 1 aromatic carbocycles. The van der Waals surface area contributed by atoms with E-state index in [-0.39, 0.29) is 5.82 Å². The summed E-state index contributed by atoms with van der Waals surface area (Å²) in [6.07, 6.45) is 0. The standard InChI is InChI=1S/C15H25FN4O/c1-17-15(18-7-8-20(2)9-10-21-3)19-12-13-5-4-6-14(16)11-13/h4-6,11H,7-10,12H2,1-3H3,(H2,17,18,19). The molecule has 0 aliphatic rings. The summed E-state index contributed by atoms with van der Waals surface area (Å²) < 4.78 is 18.1. The van der Waals surface area contributed by atoms with Gasteiger partial charge in [-0.05, 0) is 24.7 Å². The number of methoxy groups -OCH3 is 1. The fourth-order valence-corrected chi connectivity index (χ4v) is 1.78. The molecule has 21 heavy (non-hydrogen) atoms. The lowest BCUT2D eigenvalue weighted by atomic mass is 10.2. The van der Waals surface area contributed by atoms with Crippen LogP contribution in [-0.4, -0.2) is 58.3 Å². The second-order valence-corrected chi connectivity index (χ2v) is 4.78. The predicted molar refractivity (Wildman–Crippen MR) is 84.0 cm³/mol. The van der Waals surface area contributed by atoms with Crippen LogP contribution in [0.15, 0.2) is 29.3 Å². The highest BCUT2D eigenvalue weighted by molar-refractivity contribution is 5.79. The smallest absolute Gasteiger partial charge is 0.191 e. The summed E-state index contributed by atoms with van der Waals surface area (Å²) in [5.74, 6) is 0.483. The molecule has 0 aliphatic carbocycles. The van der Waals surface area contributed by atoms with E-state index in [0.29, 0.717) is 12.5 Å². The second-order valence-electron chi connectivity index (χ2n) is 4.78. The molecule has 0 fully saturated rings. The summed E-state index contributed by atoms with van der Waals surface area (Å²) in [5, 5.41) is 6.38. The van der Waals surface area contributed by atoms with Crippen molar-refractivity contribution in [2.45, 2.75) is 6.54 Å². The Morgan fingerprint density at radius 1 is 1.33 bits per heavy atom. The lowest BCUT2D eigenvalue weighted by Crippen LogP contribution is -2.41. The summed E-state index contributed by atoms with van der Waals surface area (Å²) in [5.41, 5.74) is 0.884. The van der Waals surface area contributed by atoms with Crippen LogP contribution < -0.4 is 10.6 Å². The molecule has 5 nitrogen and oxygen atoms in total. The van der Waals surface area contributed by atoms with Crippen LogP contribution in [0.1, 0.15) is 5.56 Å². The SMILES string of the molecule is CN=C(NCCN(C)CCOC)NCc1cccc(F)c1. The zero-order chi connectivity index (χ0) is 15.5. The Morgan fingerprint density at radius 3 is 2.81 bits per heavy atom. The van der Waals surface area contributed by atoms with E-state index in [9.17, 15) is 4.39 Å². The molecule has 0 saturated heterocycles. The van der Waals surface area contributed by atoms with E-state index in [0.717, 1.165) is 31.8 Å². The molecule has 6 heteroatoms. The number of nitrogens with one attached hydrogen (secondary N) is 2. The maximum atomic E-state index is 13.1. The van der Waals surface area contributed by atoms with E-state index in [4.69, 9.17) is 4.74 Å². The van der Waals surface area contributed by atoms with Gasteiger partial charge >= 0.3 is 0 Å². The minimum absolute atomic E-state index is 0.225. The van der Waals surface area contributed by atoms with Gasteiger partial charge in [-0.3, -0.25) is 4.99 Å². The van der Waals surface area contributed by atoms with Crippen LogP contribution in [0.4, 0.5) is 4.39 Å². The first-order valence-corrected chi connectivity index (χ1v) is 7.02. The van der Waals surface area contributed by atoms with Gasteiger partial charge in [0.05, 0.1) is 6.61 Å². The lowest BCUT2D eigenvalue weighted by Gasteiger charge is -2.17. The number of hydrogen-bond acceptors (Lipinski definition) is 3. The topological polar surface area (TPSA) is 48.9 Å². The highest BCUT2D eigenvalue weighted by atomic mass is 19.1. The van der Waals surface area contributed by atoms with E-state index in [1.165, 1.54) is 12.1 Å². The van der Waals surface area contributed by atoms with E-state index < -0.39 is 0 Å².